The fraction of sp³-hybridized carbons (Fsp3) is 0.438. The molecule has 2 fully saturated rings. The third-order valence-electron chi connectivity index (χ3n) is 4.85. The van der Waals surface area contributed by atoms with Crippen molar-refractivity contribution in [2.24, 2.45) is 11.1 Å². The van der Waals surface area contributed by atoms with Gasteiger partial charge in [-0.2, -0.15) is 0 Å². The molecule has 2 aliphatic heterocycles. The van der Waals surface area contributed by atoms with Crippen molar-refractivity contribution in [2.75, 3.05) is 24.5 Å². The van der Waals surface area contributed by atoms with Gasteiger partial charge in [0.05, 0.1) is 17.4 Å². The molecule has 0 bridgehead atoms. The Balaban J connectivity index is 1.75. The average Bonchev–Trinajstić information content (AvgIpc) is 3.18. The summed E-state index contributed by atoms with van der Waals surface area (Å²) in [5.74, 6) is -3.24. The van der Waals surface area contributed by atoms with Crippen LogP contribution >= 0.6 is 0 Å². The number of carboxylic acid groups (broad SMARTS) is 1. The molecule has 2 unspecified atom stereocenters. The first-order valence-corrected chi connectivity index (χ1v) is 9.70. The monoisotopic (exact) mass is 399 g/mol. The molecule has 0 aliphatic carbocycles. The van der Waals surface area contributed by atoms with E-state index in [1.54, 1.807) is 0 Å². The maximum Gasteiger partial charge on any atom is 0.343 e. The first-order valence-electron chi connectivity index (χ1n) is 8.15. The van der Waals surface area contributed by atoms with E-state index in [0.717, 1.165) is 4.90 Å². The predicted octanol–water partition coefficient (Wildman–Crippen LogP) is -0.288. The Kier molecular flexibility index (Phi) is 4.68. The molecule has 2 heterocycles. The lowest BCUT2D eigenvalue weighted by Gasteiger charge is -2.21. The smallest absolute Gasteiger partial charge is 0.343 e. The zero-order valence-electron chi connectivity index (χ0n) is 14.2. The molecule has 2 aliphatic rings. The molecule has 9 nitrogen and oxygen atoms in total. The molecular formula is C16H18FN3O6S. The summed E-state index contributed by atoms with van der Waals surface area (Å²) in [6, 6.07) is 5.49. The summed E-state index contributed by atoms with van der Waals surface area (Å²) in [5, 5.41) is 14.0. The van der Waals surface area contributed by atoms with Gasteiger partial charge in [0.1, 0.15) is 0 Å². The van der Waals surface area contributed by atoms with Crippen molar-refractivity contribution >= 4 is 33.5 Å². The Hall–Kier alpha value is -2.53. The largest absolute Gasteiger partial charge is 0.479 e. The third kappa shape index (κ3) is 3.65. The highest BCUT2D eigenvalue weighted by molar-refractivity contribution is 7.89. The van der Waals surface area contributed by atoms with Crippen molar-refractivity contribution in [3.8, 4) is 0 Å². The van der Waals surface area contributed by atoms with Gasteiger partial charge in [-0.05, 0) is 18.2 Å². The summed E-state index contributed by atoms with van der Waals surface area (Å²) in [6.07, 6.45) is -0.420. The standard InChI is InChI=1S/C16H18FN3O6S/c17-16(15(23)24)4-5-19(9-16)14(22)10-6-13(21)20(8-10)11-2-1-3-12(7-11)27(18,25)26/h1-3,7,10H,4-6,8-9H2,(H,23,24)(H2,18,25,26). The Morgan fingerprint density at radius 1 is 1.33 bits per heavy atom. The van der Waals surface area contributed by atoms with Gasteiger partial charge in [0.15, 0.2) is 0 Å². The number of carbonyl (C=O) groups excluding carboxylic acids is 2. The molecule has 2 amide bonds. The summed E-state index contributed by atoms with van der Waals surface area (Å²) in [6.45, 7) is -0.589. The van der Waals surface area contributed by atoms with Crippen LogP contribution < -0.4 is 10.0 Å². The fourth-order valence-electron chi connectivity index (χ4n) is 3.34. The number of likely N-dealkylation sites (tertiary alicyclic amines) is 1. The summed E-state index contributed by atoms with van der Waals surface area (Å²) in [7, 11) is -3.95. The van der Waals surface area contributed by atoms with E-state index < -0.39 is 40.0 Å². The van der Waals surface area contributed by atoms with Crippen LogP contribution in [0.25, 0.3) is 0 Å². The van der Waals surface area contributed by atoms with Crippen LogP contribution in [0.15, 0.2) is 29.2 Å². The van der Waals surface area contributed by atoms with Gasteiger partial charge in [-0.1, -0.05) is 6.07 Å². The van der Waals surface area contributed by atoms with Crippen LogP contribution in [-0.2, 0) is 24.4 Å². The first-order chi connectivity index (χ1) is 12.5. The number of halogens is 1. The maximum atomic E-state index is 14.2. The zero-order valence-corrected chi connectivity index (χ0v) is 15.0. The number of benzene rings is 1. The molecule has 1 aromatic carbocycles. The number of hydrogen-bond acceptors (Lipinski definition) is 5. The van der Waals surface area contributed by atoms with Gasteiger partial charge in [-0.25, -0.2) is 22.7 Å². The summed E-state index contributed by atoms with van der Waals surface area (Å²) < 4.78 is 37.1. The Bertz CT molecular complexity index is 920. The van der Waals surface area contributed by atoms with Crippen molar-refractivity contribution < 1.29 is 32.3 Å². The van der Waals surface area contributed by atoms with Gasteiger partial charge >= 0.3 is 5.97 Å². The summed E-state index contributed by atoms with van der Waals surface area (Å²) >= 11 is 0. The first kappa shape index (κ1) is 19.2. The lowest BCUT2D eigenvalue weighted by molar-refractivity contribution is -0.150. The maximum absolute atomic E-state index is 14.2. The lowest BCUT2D eigenvalue weighted by Crippen LogP contribution is -2.41. The summed E-state index contributed by atoms with van der Waals surface area (Å²) in [4.78, 5) is 38.1. The van der Waals surface area contributed by atoms with Gasteiger partial charge in [0.2, 0.25) is 27.5 Å². The van der Waals surface area contributed by atoms with Crippen molar-refractivity contribution in [1.29, 1.82) is 0 Å². The fourth-order valence-corrected chi connectivity index (χ4v) is 3.90. The third-order valence-corrected chi connectivity index (χ3v) is 5.76. The second kappa shape index (κ2) is 6.57. The van der Waals surface area contributed by atoms with Crippen LogP contribution in [0.5, 0.6) is 0 Å². The molecule has 0 aromatic heterocycles. The van der Waals surface area contributed by atoms with Gasteiger partial charge in [-0.3, -0.25) is 9.59 Å². The van der Waals surface area contributed by atoms with E-state index in [2.05, 4.69) is 0 Å². The molecule has 0 spiro atoms. The summed E-state index contributed by atoms with van der Waals surface area (Å²) in [5.41, 5.74) is -2.18. The number of alkyl halides is 1. The van der Waals surface area contributed by atoms with Gasteiger partial charge in [-0.15, -0.1) is 0 Å². The molecule has 1 aromatic rings. The molecule has 11 heteroatoms. The van der Waals surface area contributed by atoms with Gasteiger partial charge in [0, 0.05) is 31.6 Å². The lowest BCUT2D eigenvalue weighted by atomic mass is 10.1. The number of nitrogens with two attached hydrogens (primary N) is 1. The Labute approximate surface area is 154 Å². The molecule has 2 atom stereocenters. The molecule has 27 heavy (non-hydrogen) atoms. The quantitative estimate of drug-likeness (QED) is 0.714. The number of sulfonamides is 1. The van der Waals surface area contributed by atoms with Crippen molar-refractivity contribution in [3.63, 3.8) is 0 Å². The van der Waals surface area contributed by atoms with Gasteiger partial charge in [0.25, 0.3) is 0 Å². The van der Waals surface area contributed by atoms with Crippen molar-refractivity contribution in [2.45, 2.75) is 23.4 Å². The van der Waals surface area contributed by atoms with E-state index in [1.165, 1.54) is 29.2 Å². The predicted molar refractivity (Wildman–Crippen MR) is 90.9 cm³/mol. The topological polar surface area (TPSA) is 138 Å². The molecule has 3 rings (SSSR count). The Morgan fingerprint density at radius 2 is 2.04 bits per heavy atom. The van der Waals surface area contributed by atoms with E-state index >= 15 is 0 Å². The molecule has 0 radical (unpaired) electrons. The number of hydrogen-bond donors (Lipinski definition) is 2. The highest BCUT2D eigenvalue weighted by Crippen LogP contribution is 2.31. The molecular weight excluding hydrogens is 381 g/mol. The minimum Gasteiger partial charge on any atom is -0.479 e. The van der Waals surface area contributed by atoms with E-state index in [-0.39, 0.29) is 42.4 Å². The SMILES string of the molecule is NS(=O)(=O)c1cccc(N2CC(C(=O)N3CCC(F)(C(=O)O)C3)CC2=O)c1. The normalized spacial score (nSPS) is 25.9. The van der Waals surface area contributed by atoms with E-state index in [4.69, 9.17) is 10.2 Å². The van der Waals surface area contributed by atoms with Crippen LogP contribution in [0.4, 0.5) is 10.1 Å². The van der Waals surface area contributed by atoms with Crippen molar-refractivity contribution in [1.82, 2.24) is 4.90 Å². The number of primary sulfonamides is 1. The molecule has 2 saturated heterocycles. The highest BCUT2D eigenvalue weighted by Gasteiger charge is 2.49. The Morgan fingerprint density at radius 3 is 2.63 bits per heavy atom. The van der Waals surface area contributed by atoms with Crippen LogP contribution in [0, 0.1) is 5.92 Å². The van der Waals surface area contributed by atoms with E-state index in [9.17, 15) is 27.2 Å². The molecule has 0 saturated carbocycles. The molecule has 146 valence electrons. The highest BCUT2D eigenvalue weighted by atomic mass is 32.2. The average molecular weight is 399 g/mol. The van der Waals surface area contributed by atoms with Crippen LogP contribution in [0.2, 0.25) is 0 Å². The number of anilines is 1. The minimum absolute atomic E-state index is 0.00536. The van der Waals surface area contributed by atoms with Gasteiger partial charge < -0.3 is 14.9 Å². The van der Waals surface area contributed by atoms with Crippen molar-refractivity contribution in [3.05, 3.63) is 24.3 Å². The number of carbonyl (C=O) groups is 3. The molecule has 3 N–H and O–H groups in total. The minimum atomic E-state index is -3.95. The number of carboxylic acids is 1. The zero-order chi connectivity index (χ0) is 20.0. The number of nitrogens with zero attached hydrogens (tertiary/aromatic N) is 2. The van der Waals surface area contributed by atoms with E-state index in [1.807, 2.05) is 0 Å². The number of amides is 2. The number of rotatable bonds is 4. The second-order valence-electron chi connectivity index (χ2n) is 6.73. The van der Waals surface area contributed by atoms with Crippen LogP contribution in [0.3, 0.4) is 0 Å². The second-order valence-corrected chi connectivity index (χ2v) is 8.29. The number of aliphatic carboxylic acids is 1. The van der Waals surface area contributed by atoms with E-state index in [0.29, 0.717) is 0 Å². The van der Waals surface area contributed by atoms with Crippen LogP contribution in [-0.4, -0.2) is 61.5 Å². The van der Waals surface area contributed by atoms with Crippen LogP contribution in [0.1, 0.15) is 12.8 Å².